The van der Waals surface area contributed by atoms with Gasteiger partial charge in [-0.1, -0.05) is 102 Å². The van der Waals surface area contributed by atoms with Gasteiger partial charge in [-0.2, -0.15) is 0 Å². The second kappa shape index (κ2) is 18.0. The lowest BCUT2D eigenvalue weighted by atomic mass is 9.76. The predicted octanol–water partition coefficient (Wildman–Crippen LogP) is 9.45. The maximum atomic E-state index is 12.7. The Morgan fingerprint density at radius 3 is 1.23 bits per heavy atom. The summed E-state index contributed by atoms with van der Waals surface area (Å²) < 4.78 is 0. The van der Waals surface area contributed by atoms with Crippen LogP contribution in [0.5, 0.6) is 0 Å². The van der Waals surface area contributed by atoms with Crippen LogP contribution in [-0.4, -0.2) is 37.3 Å². The quantitative estimate of drug-likeness (QED) is 0.161. The molecule has 1 N–H and O–H groups in total. The molecular formula is C35H56N2O2. The molecule has 0 heterocycles. The summed E-state index contributed by atoms with van der Waals surface area (Å²) in [6.07, 6.45) is 15.5. The number of rotatable bonds is 21. The number of carboxylic acid groups (broad SMARTS) is 1. The van der Waals surface area contributed by atoms with Gasteiger partial charge in [0.15, 0.2) is 0 Å². The minimum absolute atomic E-state index is 0.818. The highest BCUT2D eigenvalue weighted by molar-refractivity contribution is 5.86. The lowest BCUT2D eigenvalue weighted by Crippen LogP contribution is -2.34. The highest BCUT2D eigenvalue weighted by Gasteiger charge is 2.37. The molecule has 2 rings (SSSR count). The van der Waals surface area contributed by atoms with Crippen LogP contribution in [0.25, 0.3) is 0 Å². The summed E-state index contributed by atoms with van der Waals surface area (Å²) >= 11 is 0. The van der Waals surface area contributed by atoms with Crippen molar-refractivity contribution in [3.8, 4) is 0 Å². The van der Waals surface area contributed by atoms with Crippen LogP contribution in [0.3, 0.4) is 0 Å². The number of carbonyl (C=O) groups is 1. The molecule has 39 heavy (non-hydrogen) atoms. The number of hydrogen-bond donors (Lipinski definition) is 1. The Kier molecular flexibility index (Phi) is 15.1. The minimum atomic E-state index is -1.09. The van der Waals surface area contributed by atoms with Crippen molar-refractivity contribution in [1.29, 1.82) is 0 Å². The zero-order valence-electron chi connectivity index (χ0n) is 25.7. The Bertz CT molecular complexity index is 855. The van der Waals surface area contributed by atoms with Gasteiger partial charge in [0.25, 0.3) is 0 Å². The molecule has 0 saturated carbocycles. The predicted molar refractivity (Wildman–Crippen MR) is 169 cm³/mol. The molecule has 2 aromatic carbocycles. The second-order valence-corrected chi connectivity index (χ2v) is 11.2. The third-order valence-electron chi connectivity index (χ3n) is 8.37. The normalized spacial score (nSPS) is 11.5. The summed E-state index contributed by atoms with van der Waals surface area (Å²) in [6, 6.07) is 16.5. The Balaban J connectivity index is 2.08. The van der Waals surface area contributed by atoms with Gasteiger partial charge >= 0.3 is 5.97 Å². The van der Waals surface area contributed by atoms with E-state index in [-0.39, 0.29) is 0 Å². The molecule has 0 radical (unpaired) electrons. The van der Waals surface area contributed by atoms with Crippen molar-refractivity contribution >= 4 is 17.3 Å². The molecule has 218 valence electrons. The van der Waals surface area contributed by atoms with Crippen LogP contribution in [0.4, 0.5) is 11.4 Å². The lowest BCUT2D eigenvalue weighted by molar-refractivity contribution is -0.141. The van der Waals surface area contributed by atoms with Gasteiger partial charge in [-0.15, -0.1) is 0 Å². The fourth-order valence-corrected chi connectivity index (χ4v) is 5.53. The third kappa shape index (κ3) is 9.89. The highest BCUT2D eigenvalue weighted by atomic mass is 16.4. The number of carboxylic acids is 1. The number of anilines is 2. The van der Waals surface area contributed by atoms with E-state index < -0.39 is 11.4 Å². The molecule has 0 spiro atoms. The summed E-state index contributed by atoms with van der Waals surface area (Å²) in [6.45, 7) is 14.7. The van der Waals surface area contributed by atoms with Gasteiger partial charge in [-0.3, -0.25) is 4.79 Å². The van der Waals surface area contributed by atoms with Crippen molar-refractivity contribution in [3.05, 3.63) is 59.7 Å². The molecule has 0 unspecified atom stereocenters. The van der Waals surface area contributed by atoms with Crippen LogP contribution in [0.1, 0.15) is 123 Å². The van der Waals surface area contributed by atoms with Crippen molar-refractivity contribution < 1.29 is 9.90 Å². The minimum Gasteiger partial charge on any atom is -0.480 e. The van der Waals surface area contributed by atoms with Crippen molar-refractivity contribution in [2.45, 2.75) is 117 Å². The van der Waals surface area contributed by atoms with Gasteiger partial charge in [0.2, 0.25) is 0 Å². The van der Waals surface area contributed by atoms with E-state index in [0.29, 0.717) is 0 Å². The van der Waals surface area contributed by atoms with Gasteiger partial charge in [-0.05, 0) is 69.0 Å². The van der Waals surface area contributed by atoms with Crippen LogP contribution in [0.2, 0.25) is 0 Å². The van der Waals surface area contributed by atoms with Crippen molar-refractivity contribution in [3.63, 3.8) is 0 Å². The first kappa shape index (κ1) is 32.7. The molecule has 0 atom stereocenters. The van der Waals surface area contributed by atoms with E-state index in [1.165, 1.54) is 88.4 Å². The van der Waals surface area contributed by atoms with Crippen LogP contribution in [-0.2, 0) is 10.2 Å². The monoisotopic (exact) mass is 536 g/mol. The van der Waals surface area contributed by atoms with Crippen molar-refractivity contribution in [1.82, 2.24) is 0 Å². The molecule has 4 nitrogen and oxygen atoms in total. The molecule has 2 aromatic rings. The Morgan fingerprint density at radius 2 is 0.923 bits per heavy atom. The Labute approximate surface area is 239 Å². The van der Waals surface area contributed by atoms with Gasteiger partial charge < -0.3 is 14.9 Å². The standard InChI is InChI=1S/C35H56N2O2/c1-6-10-12-14-16-18-28-36(8-3)32-24-20-30(21-25-32)35(5,34(38)39)31-22-26-33(27-23-31)37(9-4)29-19-17-15-13-11-7-2/h20-27H,6-19,28-29H2,1-5H3,(H,38,39). The molecule has 0 aromatic heterocycles. The Hall–Kier alpha value is -2.49. The lowest BCUT2D eigenvalue weighted by Gasteiger charge is -2.29. The van der Waals surface area contributed by atoms with E-state index in [1.807, 2.05) is 31.2 Å². The largest absolute Gasteiger partial charge is 0.480 e. The van der Waals surface area contributed by atoms with Crippen LogP contribution >= 0.6 is 0 Å². The number of benzene rings is 2. The number of unbranched alkanes of at least 4 members (excludes halogenated alkanes) is 10. The molecule has 0 amide bonds. The van der Waals surface area contributed by atoms with E-state index in [2.05, 4.69) is 61.8 Å². The second-order valence-electron chi connectivity index (χ2n) is 11.2. The van der Waals surface area contributed by atoms with Crippen LogP contribution in [0.15, 0.2) is 48.5 Å². The van der Waals surface area contributed by atoms with Crippen molar-refractivity contribution in [2.24, 2.45) is 0 Å². The smallest absolute Gasteiger partial charge is 0.318 e. The summed E-state index contributed by atoms with van der Waals surface area (Å²) in [7, 11) is 0. The summed E-state index contributed by atoms with van der Waals surface area (Å²) in [5.41, 5.74) is 2.89. The van der Waals surface area contributed by atoms with Crippen LogP contribution < -0.4 is 9.80 Å². The van der Waals surface area contributed by atoms with E-state index in [0.717, 1.165) is 37.3 Å². The SMILES string of the molecule is CCCCCCCCN(CC)c1ccc(C(C)(C(=O)O)c2ccc(N(CC)CCCCCCCC)cc2)cc1. The topological polar surface area (TPSA) is 43.8 Å². The van der Waals surface area contributed by atoms with Crippen LogP contribution in [0, 0.1) is 0 Å². The molecule has 0 saturated heterocycles. The Morgan fingerprint density at radius 1 is 0.590 bits per heavy atom. The molecule has 4 heteroatoms. The summed E-state index contributed by atoms with van der Waals surface area (Å²) in [4.78, 5) is 17.5. The first-order valence-corrected chi connectivity index (χ1v) is 15.9. The molecule has 0 aliphatic carbocycles. The zero-order chi connectivity index (χ0) is 28.5. The number of nitrogens with zero attached hydrogens (tertiary/aromatic N) is 2. The fraction of sp³-hybridized carbons (Fsp3) is 0.629. The van der Waals surface area contributed by atoms with E-state index in [1.54, 1.807) is 0 Å². The van der Waals surface area contributed by atoms with Crippen molar-refractivity contribution in [2.75, 3.05) is 36.0 Å². The van der Waals surface area contributed by atoms with Gasteiger partial charge in [0.1, 0.15) is 5.41 Å². The summed E-state index contributed by atoms with van der Waals surface area (Å²) in [5.74, 6) is -0.818. The first-order chi connectivity index (χ1) is 18.9. The number of aliphatic carboxylic acids is 1. The average molecular weight is 537 g/mol. The van der Waals surface area contributed by atoms with E-state index in [4.69, 9.17) is 0 Å². The van der Waals surface area contributed by atoms with Gasteiger partial charge in [0, 0.05) is 37.6 Å². The zero-order valence-corrected chi connectivity index (χ0v) is 25.7. The third-order valence-corrected chi connectivity index (χ3v) is 8.37. The average Bonchev–Trinajstić information content (AvgIpc) is 2.96. The highest BCUT2D eigenvalue weighted by Crippen LogP contribution is 2.35. The fourth-order valence-electron chi connectivity index (χ4n) is 5.53. The molecule has 0 aliphatic heterocycles. The van der Waals surface area contributed by atoms with E-state index >= 15 is 0 Å². The number of hydrogen-bond acceptors (Lipinski definition) is 3. The van der Waals surface area contributed by atoms with Gasteiger partial charge in [0.05, 0.1) is 0 Å². The van der Waals surface area contributed by atoms with Gasteiger partial charge in [-0.25, -0.2) is 0 Å². The molecule has 0 bridgehead atoms. The molecular weight excluding hydrogens is 480 g/mol. The van der Waals surface area contributed by atoms with E-state index in [9.17, 15) is 9.90 Å². The maximum absolute atomic E-state index is 12.7. The molecule has 0 aliphatic rings. The maximum Gasteiger partial charge on any atom is 0.318 e. The molecule has 0 fully saturated rings. The first-order valence-electron chi connectivity index (χ1n) is 15.9. The summed E-state index contributed by atoms with van der Waals surface area (Å²) in [5, 5.41) is 10.4.